The lowest BCUT2D eigenvalue weighted by Gasteiger charge is -2.13. The Kier molecular flexibility index (Phi) is 3.33. The molecule has 6 nitrogen and oxygen atoms in total. The summed E-state index contributed by atoms with van der Waals surface area (Å²) in [6.07, 6.45) is -1.95. The van der Waals surface area contributed by atoms with Crippen LogP contribution in [0.2, 0.25) is 0 Å². The summed E-state index contributed by atoms with van der Waals surface area (Å²) in [7, 11) is 0. The Morgan fingerprint density at radius 2 is 2.27 bits per heavy atom. The van der Waals surface area contributed by atoms with Gasteiger partial charge in [0.2, 0.25) is 5.91 Å². The zero-order valence-electron chi connectivity index (χ0n) is 7.66. The van der Waals surface area contributed by atoms with Crippen LogP contribution in [0.3, 0.4) is 0 Å². The van der Waals surface area contributed by atoms with Gasteiger partial charge in [-0.05, 0) is 12.1 Å². The smallest absolute Gasteiger partial charge is 0.249 e. The number of pyridine rings is 1. The van der Waals surface area contributed by atoms with Gasteiger partial charge in [-0.15, -0.1) is 0 Å². The van der Waals surface area contributed by atoms with Gasteiger partial charge in [0, 0.05) is 6.20 Å². The highest BCUT2D eigenvalue weighted by atomic mass is 16.3. The standard InChI is InChI=1S/C9H9N3O3/c10-4-5-1-2-12-6(3-5)7(13)8(14)9(11)15/h1-3,7-8,13-14H,(H2,11,15). The average molecular weight is 207 g/mol. The Morgan fingerprint density at radius 1 is 1.60 bits per heavy atom. The van der Waals surface area contributed by atoms with E-state index in [4.69, 9.17) is 16.1 Å². The Morgan fingerprint density at radius 3 is 2.80 bits per heavy atom. The molecule has 0 aromatic carbocycles. The van der Waals surface area contributed by atoms with Crippen molar-refractivity contribution in [3.05, 3.63) is 29.6 Å². The number of nitrogens with zero attached hydrogens (tertiary/aromatic N) is 2. The fourth-order valence-electron chi connectivity index (χ4n) is 0.997. The second-order valence-electron chi connectivity index (χ2n) is 2.87. The number of primary amides is 1. The Labute approximate surface area is 85.6 Å². The number of nitrogens with two attached hydrogens (primary N) is 1. The lowest BCUT2D eigenvalue weighted by molar-refractivity contribution is -0.132. The lowest BCUT2D eigenvalue weighted by atomic mass is 10.1. The van der Waals surface area contributed by atoms with E-state index in [1.165, 1.54) is 18.3 Å². The van der Waals surface area contributed by atoms with Gasteiger partial charge in [-0.2, -0.15) is 5.26 Å². The van der Waals surface area contributed by atoms with Gasteiger partial charge in [-0.3, -0.25) is 9.78 Å². The molecule has 1 amide bonds. The average Bonchev–Trinajstić information content (AvgIpc) is 2.27. The van der Waals surface area contributed by atoms with Crippen LogP contribution in [0.4, 0.5) is 0 Å². The topological polar surface area (TPSA) is 120 Å². The van der Waals surface area contributed by atoms with Crippen LogP contribution < -0.4 is 5.73 Å². The molecule has 2 unspecified atom stereocenters. The lowest BCUT2D eigenvalue weighted by Crippen LogP contribution is -2.34. The molecule has 0 aliphatic rings. The number of aliphatic hydroxyl groups excluding tert-OH is 2. The van der Waals surface area contributed by atoms with E-state index in [2.05, 4.69) is 4.98 Å². The molecule has 0 aliphatic heterocycles. The molecule has 1 aromatic rings. The van der Waals surface area contributed by atoms with Gasteiger partial charge in [0.15, 0.2) is 6.10 Å². The third-order valence-electron chi connectivity index (χ3n) is 1.80. The van der Waals surface area contributed by atoms with Crippen LogP contribution in [0.15, 0.2) is 18.3 Å². The van der Waals surface area contributed by atoms with Gasteiger partial charge >= 0.3 is 0 Å². The third-order valence-corrected chi connectivity index (χ3v) is 1.80. The predicted molar refractivity (Wildman–Crippen MR) is 49.1 cm³/mol. The first kappa shape index (κ1) is 11.1. The monoisotopic (exact) mass is 207 g/mol. The highest BCUT2D eigenvalue weighted by molar-refractivity contribution is 5.79. The molecular formula is C9H9N3O3. The van der Waals surface area contributed by atoms with E-state index in [-0.39, 0.29) is 11.3 Å². The van der Waals surface area contributed by atoms with Crippen LogP contribution in [-0.2, 0) is 4.79 Å². The number of nitriles is 1. The first-order valence-corrected chi connectivity index (χ1v) is 4.07. The molecule has 0 saturated carbocycles. The molecule has 78 valence electrons. The van der Waals surface area contributed by atoms with Crippen LogP contribution in [0.1, 0.15) is 17.4 Å². The summed E-state index contributed by atoms with van der Waals surface area (Å²) in [6.45, 7) is 0. The van der Waals surface area contributed by atoms with E-state index in [9.17, 15) is 9.90 Å². The molecule has 15 heavy (non-hydrogen) atoms. The minimum absolute atomic E-state index is 0.0281. The highest BCUT2D eigenvalue weighted by Gasteiger charge is 2.24. The zero-order chi connectivity index (χ0) is 11.4. The van der Waals surface area contributed by atoms with Crippen LogP contribution in [-0.4, -0.2) is 27.2 Å². The summed E-state index contributed by atoms with van der Waals surface area (Å²) in [6, 6.07) is 4.55. The van der Waals surface area contributed by atoms with Crippen LogP contribution in [0.25, 0.3) is 0 Å². The molecule has 0 saturated heterocycles. The second-order valence-corrected chi connectivity index (χ2v) is 2.87. The first-order chi connectivity index (χ1) is 7.06. The largest absolute Gasteiger partial charge is 0.384 e. The van der Waals surface area contributed by atoms with Crippen molar-refractivity contribution < 1.29 is 15.0 Å². The number of aromatic nitrogens is 1. The molecule has 0 fully saturated rings. The van der Waals surface area contributed by atoms with Crippen molar-refractivity contribution in [2.75, 3.05) is 0 Å². The SMILES string of the molecule is N#Cc1ccnc(C(O)C(O)C(N)=O)c1. The van der Waals surface area contributed by atoms with Crippen molar-refractivity contribution >= 4 is 5.91 Å². The quantitative estimate of drug-likeness (QED) is 0.577. The van der Waals surface area contributed by atoms with E-state index in [1.807, 2.05) is 6.07 Å². The van der Waals surface area contributed by atoms with Gasteiger partial charge in [-0.1, -0.05) is 0 Å². The normalized spacial score (nSPS) is 13.9. The Hall–Kier alpha value is -1.97. The van der Waals surface area contributed by atoms with E-state index < -0.39 is 18.1 Å². The number of rotatable bonds is 3. The summed E-state index contributed by atoms with van der Waals surface area (Å²) in [5, 5.41) is 27.2. The molecule has 1 rings (SSSR count). The van der Waals surface area contributed by atoms with Crippen LogP contribution in [0.5, 0.6) is 0 Å². The maximum atomic E-state index is 10.6. The minimum atomic E-state index is -1.73. The van der Waals surface area contributed by atoms with Gasteiger partial charge < -0.3 is 15.9 Å². The summed E-state index contributed by atoms with van der Waals surface area (Å²) in [4.78, 5) is 14.3. The molecular weight excluding hydrogens is 198 g/mol. The van der Waals surface area contributed by atoms with Crippen LogP contribution in [0, 0.1) is 11.3 Å². The fourth-order valence-corrected chi connectivity index (χ4v) is 0.997. The second kappa shape index (κ2) is 4.50. The van der Waals surface area contributed by atoms with Gasteiger partial charge in [0.05, 0.1) is 17.3 Å². The molecule has 0 spiro atoms. The van der Waals surface area contributed by atoms with Gasteiger partial charge in [0.25, 0.3) is 0 Å². The van der Waals surface area contributed by atoms with E-state index in [0.29, 0.717) is 0 Å². The van der Waals surface area contributed by atoms with Crippen molar-refractivity contribution in [1.82, 2.24) is 4.98 Å². The summed E-state index contributed by atoms with van der Waals surface area (Å²) in [5.41, 5.74) is 5.10. The van der Waals surface area contributed by atoms with E-state index in [1.54, 1.807) is 0 Å². The molecule has 0 bridgehead atoms. The van der Waals surface area contributed by atoms with Crippen LogP contribution >= 0.6 is 0 Å². The number of aliphatic hydroxyl groups is 2. The number of hydrogen-bond acceptors (Lipinski definition) is 5. The number of carbonyl (C=O) groups is 1. The maximum Gasteiger partial charge on any atom is 0.249 e. The van der Waals surface area contributed by atoms with E-state index >= 15 is 0 Å². The molecule has 1 aromatic heterocycles. The van der Waals surface area contributed by atoms with Gasteiger partial charge in [-0.25, -0.2) is 0 Å². The first-order valence-electron chi connectivity index (χ1n) is 4.07. The Bertz CT molecular complexity index is 413. The van der Waals surface area contributed by atoms with E-state index in [0.717, 1.165) is 0 Å². The van der Waals surface area contributed by atoms with Crippen molar-refractivity contribution in [2.24, 2.45) is 5.73 Å². The fraction of sp³-hybridized carbons (Fsp3) is 0.222. The maximum absolute atomic E-state index is 10.6. The summed E-state index contributed by atoms with van der Waals surface area (Å²) in [5.74, 6) is -1.05. The molecule has 6 heteroatoms. The Balaban J connectivity index is 2.96. The molecule has 2 atom stereocenters. The van der Waals surface area contributed by atoms with Crippen molar-refractivity contribution in [3.8, 4) is 6.07 Å². The van der Waals surface area contributed by atoms with Crippen molar-refractivity contribution in [1.29, 1.82) is 5.26 Å². The summed E-state index contributed by atoms with van der Waals surface area (Å²) < 4.78 is 0. The zero-order valence-corrected chi connectivity index (χ0v) is 7.66. The number of amides is 1. The number of carbonyl (C=O) groups excluding carboxylic acids is 1. The number of hydrogen-bond donors (Lipinski definition) is 3. The summed E-state index contributed by atoms with van der Waals surface area (Å²) >= 11 is 0. The molecule has 0 radical (unpaired) electrons. The van der Waals surface area contributed by atoms with Crippen molar-refractivity contribution in [3.63, 3.8) is 0 Å². The van der Waals surface area contributed by atoms with Crippen molar-refractivity contribution in [2.45, 2.75) is 12.2 Å². The minimum Gasteiger partial charge on any atom is -0.384 e. The third kappa shape index (κ3) is 2.49. The van der Waals surface area contributed by atoms with Gasteiger partial charge in [0.1, 0.15) is 6.10 Å². The molecule has 0 aliphatic carbocycles. The molecule has 1 heterocycles. The highest BCUT2D eigenvalue weighted by Crippen LogP contribution is 2.15. The predicted octanol–water partition coefficient (Wildman–Crippen LogP) is -1.17. The molecule has 4 N–H and O–H groups in total.